The van der Waals surface area contributed by atoms with Crippen molar-refractivity contribution in [1.29, 1.82) is 0 Å². The topological polar surface area (TPSA) is 109 Å². The van der Waals surface area contributed by atoms with E-state index in [4.69, 9.17) is 24.2 Å². The predicted octanol–water partition coefficient (Wildman–Crippen LogP) is -0.893. The fraction of sp³-hybridized carbons (Fsp3) is 0. The third-order valence-corrected chi connectivity index (χ3v) is 0. The van der Waals surface area contributed by atoms with Crippen LogP contribution in [0.5, 0.6) is 0 Å². The van der Waals surface area contributed by atoms with Crippen LogP contribution in [0.2, 0.25) is 0 Å². The van der Waals surface area contributed by atoms with Gasteiger partial charge in [0, 0.05) is 0 Å². The Labute approximate surface area is 54.0 Å². The molecule has 6 nitrogen and oxygen atoms in total. The van der Waals surface area contributed by atoms with Gasteiger partial charge in [0.25, 0.3) is 0 Å². The van der Waals surface area contributed by atoms with Gasteiger partial charge in [-0.2, -0.15) is 8.42 Å². The Balaban J connectivity index is 0. The average molecular weight is 178 g/mol. The Morgan fingerprint density at radius 2 is 1.12 bits per heavy atom. The SMILES string of the molecule is O=S(=O)(O)O.[O]=[Ti]=[O]. The summed E-state index contributed by atoms with van der Waals surface area (Å²) in [5.41, 5.74) is 0. The van der Waals surface area contributed by atoms with E-state index >= 15 is 0 Å². The summed E-state index contributed by atoms with van der Waals surface area (Å²) in [4.78, 5) is 0. The molecular formula is H2O6STi. The van der Waals surface area contributed by atoms with Crippen LogP contribution in [0.25, 0.3) is 0 Å². The van der Waals surface area contributed by atoms with Gasteiger partial charge in [-0.1, -0.05) is 0 Å². The molecule has 0 aliphatic heterocycles. The molecule has 0 bridgehead atoms. The summed E-state index contributed by atoms with van der Waals surface area (Å²) in [7, 11) is -4.67. The van der Waals surface area contributed by atoms with Crippen molar-refractivity contribution in [2.45, 2.75) is 0 Å². The fourth-order valence-electron chi connectivity index (χ4n) is 0. The predicted molar refractivity (Wildman–Crippen MR) is 15.6 cm³/mol. The van der Waals surface area contributed by atoms with E-state index in [1.54, 1.807) is 0 Å². The Kier molecular flexibility index (Phi) is 7.35. The summed E-state index contributed by atoms with van der Waals surface area (Å²) >= 11 is -2.00. The molecule has 48 valence electrons. The maximum absolute atomic E-state index is 8.74. The van der Waals surface area contributed by atoms with Crippen LogP contribution >= 0.6 is 0 Å². The third-order valence-electron chi connectivity index (χ3n) is 0. The molecule has 0 aliphatic rings. The van der Waals surface area contributed by atoms with E-state index in [1.807, 2.05) is 0 Å². The Morgan fingerprint density at radius 1 is 1.12 bits per heavy atom. The zero-order chi connectivity index (χ0) is 7.21. The molecule has 0 aromatic heterocycles. The standard InChI is InChI=1S/H2O4S.2O.Ti/c1-5(2,3)4;;;/h(H2,1,2,3,4);;;. The normalized spacial score (nSPS) is 8.25. The van der Waals surface area contributed by atoms with Crippen LogP contribution in [0.3, 0.4) is 0 Å². The molecule has 0 saturated carbocycles. The third kappa shape index (κ3) is 4890. The van der Waals surface area contributed by atoms with Crippen molar-refractivity contribution in [2.75, 3.05) is 0 Å². The van der Waals surface area contributed by atoms with E-state index in [-0.39, 0.29) is 0 Å². The maximum atomic E-state index is 8.74. The molecule has 8 heteroatoms. The van der Waals surface area contributed by atoms with Gasteiger partial charge >= 0.3 is 36.1 Å². The summed E-state index contributed by atoms with van der Waals surface area (Å²) in [5.74, 6) is 0. The monoisotopic (exact) mass is 178 g/mol. The second-order valence-electron chi connectivity index (χ2n) is 0.531. The van der Waals surface area contributed by atoms with Gasteiger partial charge in [0.2, 0.25) is 0 Å². The summed E-state index contributed by atoms with van der Waals surface area (Å²) in [6.45, 7) is 0. The van der Waals surface area contributed by atoms with E-state index in [1.165, 1.54) is 0 Å². The second kappa shape index (κ2) is 5.32. The molecule has 8 heavy (non-hydrogen) atoms. The van der Waals surface area contributed by atoms with E-state index in [9.17, 15) is 0 Å². The second-order valence-corrected chi connectivity index (χ2v) is 1.69. The van der Waals surface area contributed by atoms with Crippen molar-refractivity contribution in [2.24, 2.45) is 0 Å². The number of hydrogen-bond acceptors (Lipinski definition) is 4. The molecular weight excluding hydrogens is 176 g/mol. The van der Waals surface area contributed by atoms with E-state index in [0.717, 1.165) is 0 Å². The van der Waals surface area contributed by atoms with Gasteiger partial charge in [0.05, 0.1) is 0 Å². The molecule has 0 heterocycles. The first-order valence-corrected chi connectivity index (χ1v) is 3.78. The zero-order valence-corrected chi connectivity index (χ0v) is 5.81. The molecule has 0 spiro atoms. The molecule has 0 radical (unpaired) electrons. The molecule has 2 N–H and O–H groups in total. The molecule has 0 aromatic rings. The minimum absolute atomic E-state index is 2.00. The first-order chi connectivity index (χ1) is 3.41. The molecule has 0 unspecified atom stereocenters. The first kappa shape index (κ1) is 11.0. The number of rotatable bonds is 0. The molecule has 0 saturated heterocycles. The van der Waals surface area contributed by atoms with Gasteiger partial charge in [-0.3, -0.25) is 9.11 Å². The Morgan fingerprint density at radius 3 is 1.12 bits per heavy atom. The van der Waals surface area contributed by atoms with Crippen LogP contribution < -0.4 is 0 Å². The van der Waals surface area contributed by atoms with Gasteiger partial charge in [0.15, 0.2) is 0 Å². The van der Waals surface area contributed by atoms with Gasteiger partial charge in [-0.25, -0.2) is 0 Å². The summed E-state index contributed by atoms with van der Waals surface area (Å²) in [6.07, 6.45) is 0. The summed E-state index contributed by atoms with van der Waals surface area (Å²) in [6, 6.07) is 0. The molecule has 0 fully saturated rings. The van der Waals surface area contributed by atoms with E-state index < -0.39 is 29.5 Å². The van der Waals surface area contributed by atoms with Gasteiger partial charge in [-0.05, 0) is 0 Å². The summed E-state index contributed by atoms with van der Waals surface area (Å²) in [5, 5.41) is 0. The van der Waals surface area contributed by atoms with Crippen LogP contribution in [0.15, 0.2) is 0 Å². The zero-order valence-electron chi connectivity index (χ0n) is 3.44. The van der Waals surface area contributed by atoms with Crippen molar-refractivity contribution in [3.8, 4) is 0 Å². The molecule has 0 atom stereocenters. The van der Waals surface area contributed by atoms with Crippen molar-refractivity contribution in [1.82, 2.24) is 0 Å². The van der Waals surface area contributed by atoms with Gasteiger partial charge < -0.3 is 0 Å². The first-order valence-electron chi connectivity index (χ1n) is 1.11. The van der Waals surface area contributed by atoms with Crippen LogP contribution in [-0.4, -0.2) is 17.5 Å². The fourth-order valence-corrected chi connectivity index (χ4v) is 0. The molecule has 0 aromatic carbocycles. The quantitative estimate of drug-likeness (QED) is 0.367. The van der Waals surface area contributed by atoms with Gasteiger partial charge in [-0.15, -0.1) is 0 Å². The molecule has 0 rings (SSSR count). The Bertz CT molecular complexity index is 149. The van der Waals surface area contributed by atoms with Crippen molar-refractivity contribution < 1.29 is 43.3 Å². The van der Waals surface area contributed by atoms with Crippen LogP contribution in [0.4, 0.5) is 0 Å². The van der Waals surface area contributed by atoms with Crippen molar-refractivity contribution in [3.63, 3.8) is 0 Å². The minimum atomic E-state index is -4.67. The van der Waals surface area contributed by atoms with E-state index in [0.29, 0.717) is 0 Å². The van der Waals surface area contributed by atoms with Crippen molar-refractivity contribution in [3.05, 3.63) is 0 Å². The molecule has 0 aliphatic carbocycles. The van der Waals surface area contributed by atoms with E-state index in [2.05, 4.69) is 0 Å². The Hall–Kier alpha value is 0.184. The van der Waals surface area contributed by atoms with Gasteiger partial charge in [0.1, 0.15) is 0 Å². The molecule has 0 amide bonds. The van der Waals surface area contributed by atoms with Crippen LogP contribution in [0.1, 0.15) is 0 Å². The average Bonchev–Trinajstić information content (AvgIpc) is 1.27. The van der Waals surface area contributed by atoms with Crippen LogP contribution in [0, 0.1) is 0 Å². The van der Waals surface area contributed by atoms with Crippen molar-refractivity contribution >= 4 is 10.4 Å². The number of hydrogen-bond donors (Lipinski definition) is 2. The summed E-state index contributed by atoms with van der Waals surface area (Å²) < 4.78 is 48.6. The van der Waals surface area contributed by atoms with Crippen LogP contribution in [-0.2, 0) is 36.1 Å².